The van der Waals surface area contributed by atoms with Gasteiger partial charge >= 0.3 is 0 Å². The Morgan fingerprint density at radius 2 is 2.20 bits per heavy atom. The molecule has 0 aromatic heterocycles. The fraction of sp³-hybridized carbons (Fsp3) is 0.500. The number of aliphatic hydroxyl groups excluding tert-OH is 1. The first-order valence-corrected chi connectivity index (χ1v) is 6.57. The average molecular weight is 283 g/mol. The topological polar surface area (TPSA) is 59.0 Å². The van der Waals surface area contributed by atoms with Crippen molar-refractivity contribution in [3.63, 3.8) is 0 Å². The van der Waals surface area contributed by atoms with Crippen LogP contribution in [0, 0.1) is 5.82 Å². The number of amides is 1. The first-order chi connectivity index (χ1) is 9.70. The molecular weight excluding hydrogens is 265 g/mol. The van der Waals surface area contributed by atoms with E-state index in [1.165, 1.54) is 24.3 Å². The van der Waals surface area contributed by atoms with Gasteiger partial charge in [0.2, 0.25) is 5.91 Å². The van der Waals surface area contributed by atoms with Crippen molar-refractivity contribution in [2.75, 3.05) is 33.0 Å². The van der Waals surface area contributed by atoms with Gasteiger partial charge in [0.05, 0.1) is 38.9 Å². The fourth-order valence-corrected chi connectivity index (χ4v) is 2.07. The van der Waals surface area contributed by atoms with Crippen LogP contribution in [0.1, 0.15) is 6.42 Å². The molecule has 110 valence electrons. The number of carbonyl (C=O) groups excluding carboxylic acids is 1. The van der Waals surface area contributed by atoms with Crippen LogP contribution in [0.15, 0.2) is 24.3 Å². The quantitative estimate of drug-likeness (QED) is 0.869. The number of nitrogens with zero attached hydrogens (tertiary/aromatic N) is 1. The van der Waals surface area contributed by atoms with Gasteiger partial charge in [0.15, 0.2) is 0 Å². The third kappa shape index (κ3) is 3.91. The van der Waals surface area contributed by atoms with E-state index in [9.17, 15) is 14.3 Å². The SMILES string of the molecule is O=C(CCOc1ccc(F)cc1)N1CCOCC1CO. The minimum Gasteiger partial charge on any atom is -0.493 e. The first kappa shape index (κ1) is 14.7. The smallest absolute Gasteiger partial charge is 0.226 e. The van der Waals surface area contributed by atoms with Crippen LogP contribution in [-0.2, 0) is 9.53 Å². The molecule has 1 aliphatic rings. The molecule has 5 nitrogen and oxygen atoms in total. The summed E-state index contributed by atoms with van der Waals surface area (Å²) in [6.07, 6.45) is 0.216. The van der Waals surface area contributed by atoms with Gasteiger partial charge in [-0.25, -0.2) is 4.39 Å². The minimum atomic E-state index is -0.326. The standard InChI is InChI=1S/C14H18FNO4/c15-11-1-3-13(4-2-11)20-7-5-14(18)16-6-8-19-10-12(16)9-17/h1-4,12,17H,5-10H2. The number of morpholine rings is 1. The van der Waals surface area contributed by atoms with Gasteiger partial charge in [0.1, 0.15) is 11.6 Å². The largest absolute Gasteiger partial charge is 0.493 e. The van der Waals surface area contributed by atoms with Crippen LogP contribution in [0.4, 0.5) is 4.39 Å². The monoisotopic (exact) mass is 283 g/mol. The summed E-state index contributed by atoms with van der Waals surface area (Å²) in [7, 11) is 0. The number of carbonyl (C=O) groups is 1. The van der Waals surface area contributed by atoms with Crippen molar-refractivity contribution in [1.82, 2.24) is 4.90 Å². The molecule has 0 spiro atoms. The number of aliphatic hydroxyl groups is 1. The molecule has 1 aliphatic heterocycles. The van der Waals surface area contributed by atoms with Gasteiger partial charge in [-0.1, -0.05) is 0 Å². The fourth-order valence-electron chi connectivity index (χ4n) is 2.07. The zero-order valence-corrected chi connectivity index (χ0v) is 11.1. The number of ether oxygens (including phenoxy) is 2. The molecule has 1 N–H and O–H groups in total. The molecule has 1 aromatic rings. The Hall–Kier alpha value is -1.66. The Morgan fingerprint density at radius 1 is 1.45 bits per heavy atom. The van der Waals surface area contributed by atoms with Crippen molar-refractivity contribution in [3.8, 4) is 5.75 Å². The molecule has 6 heteroatoms. The van der Waals surface area contributed by atoms with Gasteiger partial charge in [-0.2, -0.15) is 0 Å². The second-order valence-electron chi connectivity index (χ2n) is 4.55. The number of rotatable bonds is 5. The van der Waals surface area contributed by atoms with Crippen LogP contribution in [-0.4, -0.2) is 54.9 Å². The van der Waals surface area contributed by atoms with Gasteiger partial charge in [0.25, 0.3) is 0 Å². The maximum Gasteiger partial charge on any atom is 0.226 e. The summed E-state index contributed by atoms with van der Waals surface area (Å²) >= 11 is 0. The van der Waals surface area contributed by atoms with Crippen molar-refractivity contribution in [2.45, 2.75) is 12.5 Å². The van der Waals surface area contributed by atoms with Crippen LogP contribution >= 0.6 is 0 Å². The summed E-state index contributed by atoms with van der Waals surface area (Å²) in [6.45, 7) is 1.45. The van der Waals surface area contributed by atoms with E-state index in [1.807, 2.05) is 0 Å². The highest BCUT2D eigenvalue weighted by Crippen LogP contribution is 2.12. The summed E-state index contributed by atoms with van der Waals surface area (Å²) in [5, 5.41) is 9.20. The molecule has 0 radical (unpaired) electrons. The first-order valence-electron chi connectivity index (χ1n) is 6.57. The molecule has 2 rings (SSSR count). The summed E-state index contributed by atoms with van der Waals surface area (Å²) < 4.78 is 23.3. The van der Waals surface area contributed by atoms with Crippen molar-refractivity contribution < 1.29 is 23.8 Å². The number of benzene rings is 1. The zero-order valence-electron chi connectivity index (χ0n) is 11.1. The Morgan fingerprint density at radius 3 is 2.90 bits per heavy atom. The molecule has 1 fully saturated rings. The Labute approximate surface area is 116 Å². The molecule has 1 atom stereocenters. The normalized spacial score (nSPS) is 18.9. The van der Waals surface area contributed by atoms with Crippen LogP contribution in [0.3, 0.4) is 0 Å². The summed E-state index contributed by atoms with van der Waals surface area (Å²) in [5.74, 6) is 0.127. The number of hydrogen-bond donors (Lipinski definition) is 1. The van der Waals surface area contributed by atoms with E-state index in [-0.39, 0.29) is 37.4 Å². The van der Waals surface area contributed by atoms with Crippen LogP contribution in [0.25, 0.3) is 0 Å². The molecule has 1 aromatic carbocycles. The molecule has 1 heterocycles. The van der Waals surface area contributed by atoms with E-state index in [4.69, 9.17) is 9.47 Å². The molecule has 1 amide bonds. The van der Waals surface area contributed by atoms with Crippen LogP contribution in [0.5, 0.6) is 5.75 Å². The predicted molar refractivity (Wildman–Crippen MR) is 69.9 cm³/mol. The van der Waals surface area contributed by atoms with E-state index >= 15 is 0 Å². The van der Waals surface area contributed by atoms with Crippen molar-refractivity contribution in [1.29, 1.82) is 0 Å². The molecule has 1 saturated heterocycles. The molecule has 0 aliphatic carbocycles. The highest BCUT2D eigenvalue weighted by molar-refractivity contribution is 5.76. The number of halogens is 1. The highest BCUT2D eigenvalue weighted by Gasteiger charge is 2.26. The molecule has 1 unspecified atom stereocenters. The van der Waals surface area contributed by atoms with Gasteiger partial charge in [-0.3, -0.25) is 4.79 Å². The third-order valence-corrected chi connectivity index (χ3v) is 3.16. The van der Waals surface area contributed by atoms with Gasteiger partial charge < -0.3 is 19.5 Å². The molecular formula is C14H18FNO4. The molecule has 20 heavy (non-hydrogen) atoms. The van der Waals surface area contributed by atoms with E-state index in [0.29, 0.717) is 25.5 Å². The van der Waals surface area contributed by atoms with E-state index in [1.54, 1.807) is 4.90 Å². The Balaban J connectivity index is 1.78. The van der Waals surface area contributed by atoms with Crippen molar-refractivity contribution in [3.05, 3.63) is 30.1 Å². The van der Waals surface area contributed by atoms with Crippen LogP contribution < -0.4 is 4.74 Å². The molecule has 0 saturated carbocycles. The Kier molecular flexibility index (Phi) is 5.31. The second kappa shape index (κ2) is 7.21. The van der Waals surface area contributed by atoms with E-state index in [0.717, 1.165) is 0 Å². The average Bonchev–Trinajstić information content (AvgIpc) is 2.49. The zero-order chi connectivity index (χ0) is 14.4. The lowest BCUT2D eigenvalue weighted by Crippen LogP contribution is -2.50. The van der Waals surface area contributed by atoms with Crippen molar-refractivity contribution in [2.24, 2.45) is 0 Å². The lowest BCUT2D eigenvalue weighted by Gasteiger charge is -2.34. The van der Waals surface area contributed by atoms with Gasteiger partial charge in [-0.05, 0) is 24.3 Å². The summed E-state index contributed by atoms with van der Waals surface area (Å²) in [4.78, 5) is 13.7. The minimum absolute atomic E-state index is 0.0746. The molecule has 0 bridgehead atoms. The second-order valence-corrected chi connectivity index (χ2v) is 4.55. The number of hydrogen-bond acceptors (Lipinski definition) is 4. The Bertz CT molecular complexity index is 437. The van der Waals surface area contributed by atoms with Gasteiger partial charge in [0, 0.05) is 6.54 Å². The summed E-state index contributed by atoms with van der Waals surface area (Å²) in [5.41, 5.74) is 0. The lowest BCUT2D eigenvalue weighted by atomic mass is 10.2. The third-order valence-electron chi connectivity index (χ3n) is 3.16. The van der Waals surface area contributed by atoms with Crippen molar-refractivity contribution >= 4 is 5.91 Å². The van der Waals surface area contributed by atoms with Gasteiger partial charge in [-0.15, -0.1) is 0 Å². The van der Waals surface area contributed by atoms with E-state index < -0.39 is 0 Å². The maximum atomic E-state index is 12.7. The highest BCUT2D eigenvalue weighted by atomic mass is 19.1. The summed E-state index contributed by atoms with van der Waals surface area (Å²) in [6, 6.07) is 5.37. The van der Waals surface area contributed by atoms with Crippen LogP contribution in [0.2, 0.25) is 0 Å². The maximum absolute atomic E-state index is 12.7. The van der Waals surface area contributed by atoms with E-state index in [2.05, 4.69) is 0 Å². The lowest BCUT2D eigenvalue weighted by molar-refractivity contribution is -0.142. The predicted octanol–water partition coefficient (Wildman–Crippen LogP) is 0.814.